The molecule has 0 unspecified atom stereocenters. The third-order valence-electron chi connectivity index (χ3n) is 1.83. The minimum atomic E-state index is -3.28. The second kappa shape index (κ2) is 5.32. The first kappa shape index (κ1) is 13.0. The van der Waals surface area contributed by atoms with Crippen LogP contribution in [0.2, 0.25) is 0 Å². The third-order valence-corrected chi connectivity index (χ3v) is 2.63. The number of alkyl halides is 1. The van der Waals surface area contributed by atoms with E-state index >= 15 is 0 Å². The molecule has 4 nitrogen and oxygen atoms in total. The zero-order valence-corrected chi connectivity index (χ0v) is 10.3. The highest BCUT2D eigenvalue weighted by molar-refractivity contribution is 7.92. The van der Waals surface area contributed by atoms with Gasteiger partial charge in [-0.1, -0.05) is 0 Å². The van der Waals surface area contributed by atoms with Crippen molar-refractivity contribution in [3.8, 4) is 0 Å². The second-order valence-corrected chi connectivity index (χ2v) is 5.44. The lowest BCUT2D eigenvalue weighted by Crippen LogP contribution is -2.09. The summed E-state index contributed by atoms with van der Waals surface area (Å²) in [5.41, 5.74) is 0.963. The van der Waals surface area contributed by atoms with Crippen molar-refractivity contribution in [1.82, 2.24) is 0 Å². The van der Waals surface area contributed by atoms with Crippen molar-refractivity contribution in [2.24, 2.45) is 0 Å². The number of Topliss-reactive ketones (excluding diaryl/α,β-unsaturated/α-hetero) is 1. The van der Waals surface area contributed by atoms with Gasteiger partial charge in [0.25, 0.3) is 0 Å². The van der Waals surface area contributed by atoms with Crippen LogP contribution in [0, 0.1) is 0 Å². The van der Waals surface area contributed by atoms with Crippen molar-refractivity contribution in [2.75, 3.05) is 16.9 Å². The van der Waals surface area contributed by atoms with E-state index in [-0.39, 0.29) is 18.1 Å². The minimum absolute atomic E-state index is 0.0547. The Labute approximate surface area is 99.7 Å². The maximum Gasteiger partial charge on any atom is 0.229 e. The molecule has 16 heavy (non-hydrogen) atoms. The van der Waals surface area contributed by atoms with E-state index in [9.17, 15) is 13.2 Å². The van der Waals surface area contributed by atoms with E-state index in [2.05, 4.69) is 4.72 Å². The monoisotopic (exact) mass is 261 g/mol. The van der Waals surface area contributed by atoms with Gasteiger partial charge in [0.1, 0.15) is 0 Å². The Morgan fingerprint density at radius 2 is 1.88 bits per heavy atom. The second-order valence-electron chi connectivity index (χ2n) is 3.31. The first-order valence-corrected chi connectivity index (χ1v) is 7.02. The normalized spacial score (nSPS) is 11.1. The highest BCUT2D eigenvalue weighted by atomic mass is 35.5. The Hall–Kier alpha value is -1.07. The van der Waals surface area contributed by atoms with Gasteiger partial charge < -0.3 is 0 Å². The average Bonchev–Trinajstić information content (AvgIpc) is 2.16. The summed E-state index contributed by atoms with van der Waals surface area (Å²) in [6.07, 6.45) is 1.35. The lowest BCUT2D eigenvalue weighted by molar-refractivity contribution is 0.0989. The number of ketones is 1. The zero-order chi connectivity index (χ0) is 12.2. The molecule has 1 aromatic rings. The van der Waals surface area contributed by atoms with Crippen molar-refractivity contribution in [1.29, 1.82) is 0 Å². The average molecular weight is 262 g/mol. The summed E-state index contributed by atoms with van der Waals surface area (Å²) >= 11 is 5.45. The fourth-order valence-electron chi connectivity index (χ4n) is 1.17. The van der Waals surface area contributed by atoms with E-state index in [4.69, 9.17) is 11.6 Å². The number of nitrogens with one attached hydrogen (secondary N) is 1. The van der Waals surface area contributed by atoms with Gasteiger partial charge in [-0.15, -0.1) is 11.6 Å². The first-order chi connectivity index (χ1) is 7.42. The number of halogens is 1. The molecule has 0 aliphatic heterocycles. The Bertz CT molecular complexity index is 467. The number of carbonyl (C=O) groups excluding carboxylic acids is 1. The molecule has 0 heterocycles. The largest absolute Gasteiger partial charge is 0.294 e. The van der Waals surface area contributed by atoms with Crippen LogP contribution in [-0.4, -0.2) is 26.3 Å². The fourth-order valence-corrected chi connectivity index (χ4v) is 1.90. The molecule has 0 aliphatic carbocycles. The number of hydrogen-bond donors (Lipinski definition) is 1. The number of carbonyl (C=O) groups is 1. The fraction of sp³-hybridized carbons (Fsp3) is 0.300. The summed E-state index contributed by atoms with van der Waals surface area (Å²) in [7, 11) is -3.28. The predicted octanol–water partition coefficient (Wildman–Crippen LogP) is 1.87. The molecule has 0 fully saturated rings. The van der Waals surface area contributed by atoms with E-state index in [1.54, 1.807) is 24.3 Å². The lowest BCUT2D eigenvalue weighted by Gasteiger charge is -2.04. The zero-order valence-electron chi connectivity index (χ0n) is 8.73. The Morgan fingerprint density at radius 1 is 1.31 bits per heavy atom. The molecule has 6 heteroatoms. The van der Waals surface area contributed by atoms with Gasteiger partial charge in [-0.25, -0.2) is 8.42 Å². The van der Waals surface area contributed by atoms with E-state index < -0.39 is 10.0 Å². The Morgan fingerprint density at radius 3 is 2.31 bits per heavy atom. The summed E-state index contributed by atoms with van der Waals surface area (Å²) in [6, 6.07) is 6.23. The van der Waals surface area contributed by atoms with Crippen LogP contribution < -0.4 is 4.72 Å². The molecule has 0 saturated carbocycles. The van der Waals surface area contributed by atoms with Crippen LogP contribution in [0.4, 0.5) is 5.69 Å². The van der Waals surface area contributed by atoms with E-state index in [0.29, 0.717) is 11.3 Å². The number of anilines is 1. The SMILES string of the molecule is CS(=O)(=O)Nc1ccc(C(=O)CCCl)cc1. The smallest absolute Gasteiger partial charge is 0.229 e. The minimum Gasteiger partial charge on any atom is -0.294 e. The molecule has 88 valence electrons. The van der Waals surface area contributed by atoms with E-state index in [0.717, 1.165) is 6.26 Å². The van der Waals surface area contributed by atoms with Gasteiger partial charge >= 0.3 is 0 Å². The lowest BCUT2D eigenvalue weighted by atomic mass is 10.1. The van der Waals surface area contributed by atoms with Gasteiger partial charge in [0.15, 0.2) is 5.78 Å². The van der Waals surface area contributed by atoms with Crippen LogP contribution >= 0.6 is 11.6 Å². The Balaban J connectivity index is 2.79. The van der Waals surface area contributed by atoms with Gasteiger partial charge in [0.2, 0.25) is 10.0 Å². The van der Waals surface area contributed by atoms with Gasteiger partial charge in [-0.2, -0.15) is 0 Å². The van der Waals surface area contributed by atoms with E-state index in [1.165, 1.54) is 0 Å². The van der Waals surface area contributed by atoms with Gasteiger partial charge in [0, 0.05) is 23.6 Å². The van der Waals surface area contributed by atoms with Crippen LogP contribution in [0.15, 0.2) is 24.3 Å². The van der Waals surface area contributed by atoms with Crippen LogP contribution in [0.3, 0.4) is 0 Å². The molecule has 0 amide bonds. The maximum atomic E-state index is 11.4. The van der Waals surface area contributed by atoms with Crippen LogP contribution in [0.25, 0.3) is 0 Å². The molecule has 0 saturated heterocycles. The summed E-state index contributed by atoms with van der Waals surface area (Å²) in [6.45, 7) is 0. The number of rotatable bonds is 5. The van der Waals surface area contributed by atoms with Crippen molar-refractivity contribution in [2.45, 2.75) is 6.42 Å². The summed E-state index contributed by atoms with van der Waals surface area (Å²) < 4.78 is 24.2. The molecular weight excluding hydrogens is 250 g/mol. The topological polar surface area (TPSA) is 63.2 Å². The molecule has 0 radical (unpaired) electrons. The van der Waals surface area contributed by atoms with Crippen LogP contribution in [0.5, 0.6) is 0 Å². The maximum absolute atomic E-state index is 11.4. The summed E-state index contributed by atoms with van der Waals surface area (Å²) in [5, 5.41) is 0. The van der Waals surface area contributed by atoms with Gasteiger partial charge in [-0.05, 0) is 24.3 Å². The number of sulfonamides is 1. The molecular formula is C10H12ClNO3S. The third kappa shape index (κ3) is 4.20. The van der Waals surface area contributed by atoms with Crippen molar-refractivity contribution < 1.29 is 13.2 Å². The van der Waals surface area contributed by atoms with E-state index in [1.807, 2.05) is 0 Å². The highest BCUT2D eigenvalue weighted by Crippen LogP contribution is 2.12. The first-order valence-electron chi connectivity index (χ1n) is 4.59. The van der Waals surface area contributed by atoms with Gasteiger partial charge in [-0.3, -0.25) is 9.52 Å². The summed E-state index contributed by atoms with van der Waals surface area (Å²) in [4.78, 5) is 11.4. The number of hydrogen-bond acceptors (Lipinski definition) is 3. The van der Waals surface area contributed by atoms with Crippen molar-refractivity contribution in [3.63, 3.8) is 0 Å². The van der Waals surface area contributed by atoms with Crippen LogP contribution in [0.1, 0.15) is 16.8 Å². The van der Waals surface area contributed by atoms with Gasteiger partial charge in [0.05, 0.1) is 6.26 Å². The predicted molar refractivity (Wildman–Crippen MR) is 64.6 cm³/mol. The number of benzene rings is 1. The highest BCUT2D eigenvalue weighted by Gasteiger charge is 2.06. The molecule has 0 bridgehead atoms. The van der Waals surface area contributed by atoms with Crippen LogP contribution in [-0.2, 0) is 10.0 Å². The quantitative estimate of drug-likeness (QED) is 0.650. The summed E-state index contributed by atoms with van der Waals surface area (Å²) in [5.74, 6) is 0.225. The molecule has 1 aromatic carbocycles. The van der Waals surface area contributed by atoms with Crippen molar-refractivity contribution in [3.05, 3.63) is 29.8 Å². The molecule has 1 N–H and O–H groups in total. The van der Waals surface area contributed by atoms with Crippen molar-refractivity contribution >= 4 is 33.1 Å². The molecule has 0 aliphatic rings. The Kier molecular flexibility index (Phi) is 4.32. The standard InChI is InChI=1S/C10H12ClNO3S/c1-16(14,15)12-9-4-2-8(3-5-9)10(13)6-7-11/h2-5,12H,6-7H2,1H3. The molecule has 1 rings (SSSR count). The molecule has 0 atom stereocenters. The molecule has 0 spiro atoms. The molecule has 0 aromatic heterocycles.